The maximum atomic E-state index is 10.7. The van der Waals surface area contributed by atoms with Crippen LogP contribution in [0.15, 0.2) is 27.9 Å². The Bertz CT molecular complexity index is 228. The molecular formula is C8H10ClNO. The normalized spacial score (nSPS) is 13.0. The Morgan fingerprint density at radius 2 is 2.00 bits per heavy atom. The molecule has 0 saturated carbocycles. The number of aliphatic imine (C=N–C) groups is 1. The summed E-state index contributed by atoms with van der Waals surface area (Å²) in [6, 6.07) is 0. The van der Waals surface area contributed by atoms with Crippen LogP contribution in [0.3, 0.4) is 0 Å². The van der Waals surface area contributed by atoms with E-state index in [0.717, 1.165) is 0 Å². The highest BCUT2D eigenvalue weighted by Gasteiger charge is 1.92. The average molecular weight is 172 g/mol. The molecule has 0 unspecified atom stereocenters. The molecule has 0 radical (unpaired) electrons. The van der Waals surface area contributed by atoms with Crippen LogP contribution in [0.5, 0.6) is 0 Å². The van der Waals surface area contributed by atoms with Crippen molar-refractivity contribution in [1.82, 2.24) is 0 Å². The minimum absolute atomic E-state index is 0.0229. The van der Waals surface area contributed by atoms with Crippen molar-refractivity contribution >= 4 is 24.1 Å². The van der Waals surface area contributed by atoms with Gasteiger partial charge in [0.15, 0.2) is 5.78 Å². The molecule has 0 aromatic rings. The minimum atomic E-state index is 0.0229. The lowest BCUT2D eigenvalue weighted by Gasteiger charge is -1.89. The van der Waals surface area contributed by atoms with Crippen molar-refractivity contribution in [2.75, 3.05) is 0 Å². The lowest BCUT2D eigenvalue weighted by molar-refractivity contribution is -0.113. The van der Waals surface area contributed by atoms with Crippen LogP contribution in [-0.4, -0.2) is 12.5 Å². The van der Waals surface area contributed by atoms with Gasteiger partial charge in [-0.15, -0.1) is 0 Å². The second-order valence-electron chi connectivity index (χ2n) is 2.05. The Morgan fingerprint density at radius 1 is 1.45 bits per heavy atom. The van der Waals surface area contributed by atoms with Gasteiger partial charge < -0.3 is 0 Å². The van der Waals surface area contributed by atoms with Gasteiger partial charge in [-0.3, -0.25) is 9.79 Å². The highest BCUT2D eigenvalue weighted by atomic mass is 35.5. The lowest BCUT2D eigenvalue weighted by atomic mass is 10.2. The summed E-state index contributed by atoms with van der Waals surface area (Å²) in [5.41, 5.74) is 0.645. The van der Waals surface area contributed by atoms with Crippen LogP contribution in [0.25, 0.3) is 0 Å². The molecule has 2 nitrogen and oxygen atoms in total. The molecule has 0 N–H and O–H groups in total. The van der Waals surface area contributed by atoms with Crippen molar-refractivity contribution in [2.24, 2.45) is 4.99 Å². The minimum Gasteiger partial charge on any atom is -0.295 e. The largest absolute Gasteiger partial charge is 0.295 e. The van der Waals surface area contributed by atoms with E-state index in [-0.39, 0.29) is 10.9 Å². The molecule has 0 rings (SSSR count). The number of ketones is 1. The van der Waals surface area contributed by atoms with Crippen molar-refractivity contribution in [2.45, 2.75) is 13.8 Å². The zero-order valence-corrected chi connectivity index (χ0v) is 7.35. The Hall–Kier alpha value is -0.890. The molecule has 0 atom stereocenters. The van der Waals surface area contributed by atoms with E-state index in [4.69, 9.17) is 11.6 Å². The molecule has 0 aliphatic rings. The van der Waals surface area contributed by atoms with Gasteiger partial charge in [0.1, 0.15) is 5.16 Å². The summed E-state index contributed by atoms with van der Waals surface area (Å²) in [5.74, 6) is 0.0229. The van der Waals surface area contributed by atoms with E-state index < -0.39 is 0 Å². The van der Waals surface area contributed by atoms with Crippen LogP contribution < -0.4 is 0 Å². The molecule has 0 aromatic heterocycles. The number of nitrogens with zero attached hydrogens (tertiary/aromatic N) is 1. The van der Waals surface area contributed by atoms with Crippen LogP contribution in [0.4, 0.5) is 0 Å². The summed E-state index contributed by atoms with van der Waals surface area (Å²) in [4.78, 5) is 14.1. The van der Waals surface area contributed by atoms with Crippen LogP contribution in [-0.2, 0) is 4.79 Å². The SMILES string of the molecule is C=N/C(Cl)=C\C=C(/C)C(C)=O. The molecular weight excluding hydrogens is 162 g/mol. The van der Waals surface area contributed by atoms with E-state index in [1.165, 1.54) is 13.0 Å². The third kappa shape index (κ3) is 4.51. The Kier molecular flexibility index (Phi) is 4.46. The molecule has 0 aliphatic carbocycles. The van der Waals surface area contributed by atoms with Crippen molar-refractivity contribution in [3.05, 3.63) is 22.9 Å². The van der Waals surface area contributed by atoms with Crippen molar-refractivity contribution in [3.63, 3.8) is 0 Å². The van der Waals surface area contributed by atoms with E-state index >= 15 is 0 Å². The van der Waals surface area contributed by atoms with Gasteiger partial charge in [0.2, 0.25) is 0 Å². The molecule has 0 bridgehead atoms. The predicted molar refractivity (Wildman–Crippen MR) is 47.9 cm³/mol. The lowest BCUT2D eigenvalue weighted by Crippen LogP contribution is -1.89. The third-order valence-electron chi connectivity index (χ3n) is 1.18. The average Bonchev–Trinajstić information content (AvgIpc) is 1.99. The highest BCUT2D eigenvalue weighted by molar-refractivity contribution is 6.29. The first-order valence-corrected chi connectivity index (χ1v) is 3.47. The van der Waals surface area contributed by atoms with Crippen LogP contribution in [0.1, 0.15) is 13.8 Å². The first-order valence-electron chi connectivity index (χ1n) is 3.09. The highest BCUT2D eigenvalue weighted by Crippen LogP contribution is 2.03. The number of hydrogen-bond acceptors (Lipinski definition) is 2. The first kappa shape index (κ1) is 10.1. The van der Waals surface area contributed by atoms with Crippen molar-refractivity contribution < 1.29 is 4.79 Å². The summed E-state index contributed by atoms with van der Waals surface area (Å²) in [7, 11) is 0. The van der Waals surface area contributed by atoms with E-state index in [2.05, 4.69) is 11.7 Å². The maximum Gasteiger partial charge on any atom is 0.155 e. The summed E-state index contributed by atoms with van der Waals surface area (Å²) < 4.78 is 0. The molecule has 0 aliphatic heterocycles. The fourth-order valence-electron chi connectivity index (χ4n) is 0.364. The van der Waals surface area contributed by atoms with Gasteiger partial charge in [-0.25, -0.2) is 0 Å². The quantitative estimate of drug-likeness (QED) is 0.277. The van der Waals surface area contributed by atoms with Gasteiger partial charge in [-0.1, -0.05) is 17.7 Å². The number of carbonyl (C=O) groups excluding carboxylic acids is 1. The van der Waals surface area contributed by atoms with Crippen LogP contribution >= 0.6 is 11.6 Å². The topological polar surface area (TPSA) is 29.4 Å². The molecule has 0 fully saturated rings. The Morgan fingerprint density at radius 3 is 2.36 bits per heavy atom. The number of rotatable bonds is 3. The molecule has 11 heavy (non-hydrogen) atoms. The van der Waals surface area contributed by atoms with Crippen molar-refractivity contribution in [3.8, 4) is 0 Å². The molecule has 0 spiro atoms. The zero-order valence-electron chi connectivity index (χ0n) is 6.60. The molecule has 0 aromatic carbocycles. The molecule has 0 amide bonds. The van der Waals surface area contributed by atoms with Gasteiger partial charge in [0, 0.05) is 0 Å². The summed E-state index contributed by atoms with van der Waals surface area (Å²) in [6.45, 7) is 6.43. The second kappa shape index (κ2) is 4.85. The van der Waals surface area contributed by atoms with Crippen LogP contribution in [0.2, 0.25) is 0 Å². The summed E-state index contributed by atoms with van der Waals surface area (Å²) >= 11 is 5.49. The smallest absolute Gasteiger partial charge is 0.155 e. The fourth-order valence-corrected chi connectivity index (χ4v) is 0.427. The van der Waals surface area contributed by atoms with Gasteiger partial charge >= 0.3 is 0 Å². The summed E-state index contributed by atoms with van der Waals surface area (Å²) in [5, 5.41) is 0.283. The number of halogens is 1. The first-order chi connectivity index (χ1) is 5.07. The Labute approximate surface area is 71.3 Å². The van der Waals surface area contributed by atoms with Gasteiger partial charge in [0.05, 0.1) is 0 Å². The van der Waals surface area contributed by atoms with E-state index in [9.17, 15) is 4.79 Å². The monoisotopic (exact) mass is 171 g/mol. The second-order valence-corrected chi connectivity index (χ2v) is 2.44. The third-order valence-corrected chi connectivity index (χ3v) is 1.42. The zero-order chi connectivity index (χ0) is 8.85. The fraction of sp³-hybridized carbons (Fsp3) is 0.250. The van der Waals surface area contributed by atoms with E-state index in [0.29, 0.717) is 5.57 Å². The number of carbonyl (C=O) groups is 1. The van der Waals surface area contributed by atoms with Gasteiger partial charge in [-0.05, 0) is 32.2 Å². The maximum absolute atomic E-state index is 10.7. The number of hydrogen-bond donors (Lipinski definition) is 0. The molecule has 3 heteroatoms. The van der Waals surface area contributed by atoms with E-state index in [1.807, 2.05) is 0 Å². The van der Waals surface area contributed by atoms with Gasteiger partial charge in [-0.2, -0.15) is 0 Å². The molecule has 0 heterocycles. The standard InChI is InChI=1S/C8H10ClNO/c1-6(7(2)11)4-5-8(9)10-3/h4-5H,3H2,1-2H3/b6-4+,8-5-. The summed E-state index contributed by atoms with van der Waals surface area (Å²) in [6.07, 6.45) is 3.14. The van der Waals surface area contributed by atoms with Gasteiger partial charge in [0.25, 0.3) is 0 Å². The number of Topliss-reactive ketones (excluding diaryl/α,β-unsaturated/α-hetero) is 1. The van der Waals surface area contributed by atoms with Crippen LogP contribution in [0, 0.1) is 0 Å². The predicted octanol–water partition coefficient (Wildman–Crippen LogP) is 2.30. The number of allylic oxidation sites excluding steroid dienone is 3. The molecule has 0 saturated heterocycles. The molecule has 60 valence electrons. The van der Waals surface area contributed by atoms with E-state index in [1.54, 1.807) is 13.0 Å². The van der Waals surface area contributed by atoms with Crippen molar-refractivity contribution in [1.29, 1.82) is 0 Å². The Balaban J connectivity index is 4.34.